The minimum atomic E-state index is -4.19. The molecule has 9 nitrogen and oxygen atoms in total. The zero-order chi connectivity index (χ0) is 20.1. The van der Waals surface area contributed by atoms with E-state index in [1.165, 1.54) is 35.9 Å². The van der Waals surface area contributed by atoms with E-state index in [0.29, 0.717) is 29.6 Å². The molecule has 1 atom stereocenters. The summed E-state index contributed by atoms with van der Waals surface area (Å²) >= 11 is 0. The smallest absolute Gasteiger partial charge is 0.408 e. The molecule has 1 unspecified atom stereocenters. The molecule has 2 heterocycles. The summed E-state index contributed by atoms with van der Waals surface area (Å²) in [4.78, 5) is 23.1. The quantitative estimate of drug-likeness (QED) is 0.608. The molecule has 0 saturated heterocycles. The number of benzene rings is 2. The van der Waals surface area contributed by atoms with Gasteiger partial charge < -0.3 is 19.7 Å². The molecular formula is C18H17N3O6S. The third kappa shape index (κ3) is 2.96. The highest BCUT2D eigenvalue weighted by atomic mass is 32.2. The van der Waals surface area contributed by atoms with Gasteiger partial charge in [-0.05, 0) is 30.2 Å². The zero-order valence-corrected chi connectivity index (χ0v) is 15.7. The van der Waals surface area contributed by atoms with Crippen molar-refractivity contribution in [1.29, 1.82) is 0 Å². The lowest BCUT2D eigenvalue weighted by atomic mass is 9.93. The SMILES string of the molecule is Cn1c(=O)oc2cc(S(=O)(=O)Oc3cccc4c3CCNC4C(N)=O)ccc21. The summed E-state index contributed by atoms with van der Waals surface area (Å²) in [7, 11) is -2.66. The van der Waals surface area contributed by atoms with Gasteiger partial charge >= 0.3 is 15.9 Å². The Morgan fingerprint density at radius 1 is 1.32 bits per heavy atom. The Morgan fingerprint density at radius 2 is 2.11 bits per heavy atom. The summed E-state index contributed by atoms with van der Waals surface area (Å²) in [5.41, 5.74) is 7.24. The lowest BCUT2D eigenvalue weighted by Gasteiger charge is -2.26. The number of aryl methyl sites for hydroxylation is 1. The zero-order valence-electron chi connectivity index (χ0n) is 14.8. The van der Waals surface area contributed by atoms with E-state index < -0.39 is 27.8 Å². The van der Waals surface area contributed by atoms with Gasteiger partial charge in [0.2, 0.25) is 5.91 Å². The highest BCUT2D eigenvalue weighted by Gasteiger charge is 2.28. The van der Waals surface area contributed by atoms with Crippen molar-refractivity contribution < 1.29 is 21.8 Å². The average molecular weight is 403 g/mol. The number of hydrogen-bond donors (Lipinski definition) is 2. The number of nitrogens with two attached hydrogens (primary N) is 1. The summed E-state index contributed by atoms with van der Waals surface area (Å²) < 4.78 is 37.2. The summed E-state index contributed by atoms with van der Waals surface area (Å²) in [5.74, 6) is -1.00. The van der Waals surface area contributed by atoms with E-state index in [2.05, 4.69) is 5.32 Å². The number of aromatic nitrogens is 1. The molecular weight excluding hydrogens is 386 g/mol. The minimum Gasteiger partial charge on any atom is -0.408 e. The standard InChI is InChI=1S/C18H17N3O6S/c1-21-13-6-5-10(9-15(13)26-18(21)23)28(24,25)27-14-4-2-3-12-11(14)7-8-20-16(12)17(19)22/h2-6,9,16,20H,7-8H2,1H3,(H2,19,22). The van der Waals surface area contributed by atoms with Crippen LogP contribution in [0.1, 0.15) is 17.2 Å². The molecule has 0 spiro atoms. The van der Waals surface area contributed by atoms with E-state index in [9.17, 15) is 18.0 Å². The highest BCUT2D eigenvalue weighted by molar-refractivity contribution is 7.87. The van der Waals surface area contributed by atoms with E-state index in [1.807, 2.05) is 0 Å². The number of amides is 1. The number of fused-ring (bicyclic) bond motifs is 2. The van der Waals surface area contributed by atoms with Crippen molar-refractivity contribution >= 4 is 27.1 Å². The van der Waals surface area contributed by atoms with Gasteiger partial charge in [0, 0.05) is 25.2 Å². The second kappa shape index (κ2) is 6.50. The van der Waals surface area contributed by atoms with Crippen molar-refractivity contribution in [1.82, 2.24) is 9.88 Å². The molecule has 2 aromatic carbocycles. The number of carbonyl (C=O) groups is 1. The number of nitrogens with one attached hydrogen (secondary N) is 1. The Morgan fingerprint density at radius 3 is 2.86 bits per heavy atom. The predicted molar refractivity (Wildman–Crippen MR) is 99.4 cm³/mol. The van der Waals surface area contributed by atoms with Gasteiger partial charge in [0.1, 0.15) is 16.7 Å². The van der Waals surface area contributed by atoms with Crippen molar-refractivity contribution in [3.05, 3.63) is 58.1 Å². The van der Waals surface area contributed by atoms with E-state index >= 15 is 0 Å². The van der Waals surface area contributed by atoms with Crippen LogP contribution in [-0.4, -0.2) is 25.4 Å². The van der Waals surface area contributed by atoms with Crippen LogP contribution in [0, 0.1) is 0 Å². The molecule has 0 fully saturated rings. The summed E-state index contributed by atoms with van der Waals surface area (Å²) in [6.07, 6.45) is 0.484. The first kappa shape index (κ1) is 18.3. The monoisotopic (exact) mass is 403 g/mol. The molecule has 1 amide bonds. The number of hydrogen-bond acceptors (Lipinski definition) is 7. The lowest BCUT2D eigenvalue weighted by molar-refractivity contribution is -0.120. The average Bonchev–Trinajstić information content (AvgIpc) is 2.94. The van der Waals surface area contributed by atoms with Crippen LogP contribution >= 0.6 is 0 Å². The van der Waals surface area contributed by atoms with E-state index in [4.69, 9.17) is 14.3 Å². The first-order valence-corrected chi connectivity index (χ1v) is 9.87. The molecule has 0 radical (unpaired) electrons. The maximum absolute atomic E-state index is 12.8. The second-order valence-electron chi connectivity index (χ2n) is 6.46. The van der Waals surface area contributed by atoms with E-state index in [1.54, 1.807) is 12.1 Å². The van der Waals surface area contributed by atoms with Crippen molar-refractivity contribution in [3.63, 3.8) is 0 Å². The lowest BCUT2D eigenvalue weighted by Crippen LogP contribution is -2.38. The topological polar surface area (TPSA) is 134 Å². The van der Waals surface area contributed by atoms with Crippen LogP contribution in [0.4, 0.5) is 0 Å². The molecule has 1 aromatic heterocycles. The Hall–Kier alpha value is -3.11. The molecule has 0 saturated carbocycles. The fourth-order valence-corrected chi connectivity index (χ4v) is 4.31. The van der Waals surface area contributed by atoms with Gasteiger partial charge in [0.15, 0.2) is 5.58 Å². The van der Waals surface area contributed by atoms with Crippen LogP contribution < -0.4 is 21.0 Å². The molecule has 3 N–H and O–H groups in total. The number of rotatable bonds is 4. The number of oxazole rings is 1. The van der Waals surface area contributed by atoms with Crippen LogP contribution in [0.2, 0.25) is 0 Å². The first-order chi connectivity index (χ1) is 13.3. The molecule has 146 valence electrons. The van der Waals surface area contributed by atoms with Gasteiger partial charge in [-0.25, -0.2) is 4.79 Å². The molecule has 0 bridgehead atoms. The molecule has 0 aliphatic carbocycles. The van der Waals surface area contributed by atoms with Crippen LogP contribution in [0.5, 0.6) is 5.75 Å². The van der Waals surface area contributed by atoms with Crippen molar-refractivity contribution in [2.75, 3.05) is 6.54 Å². The largest absolute Gasteiger partial charge is 0.419 e. The number of nitrogens with zero attached hydrogens (tertiary/aromatic N) is 1. The fraction of sp³-hybridized carbons (Fsp3) is 0.222. The van der Waals surface area contributed by atoms with Crippen LogP contribution in [0.25, 0.3) is 11.1 Å². The molecule has 10 heteroatoms. The third-order valence-electron chi connectivity index (χ3n) is 4.74. The normalized spacial score (nSPS) is 16.7. The second-order valence-corrected chi connectivity index (χ2v) is 8.00. The minimum absolute atomic E-state index is 0.139. The fourth-order valence-electron chi connectivity index (χ4n) is 3.34. The van der Waals surface area contributed by atoms with Crippen LogP contribution in [-0.2, 0) is 28.4 Å². The molecule has 1 aliphatic rings. The maximum atomic E-state index is 12.8. The summed E-state index contributed by atoms with van der Waals surface area (Å²) in [6.45, 7) is 0.460. The summed E-state index contributed by atoms with van der Waals surface area (Å²) in [5, 5.41) is 3.00. The van der Waals surface area contributed by atoms with Crippen molar-refractivity contribution in [2.45, 2.75) is 17.4 Å². The van der Waals surface area contributed by atoms with Crippen LogP contribution in [0.3, 0.4) is 0 Å². The van der Waals surface area contributed by atoms with Crippen molar-refractivity contribution in [3.8, 4) is 5.75 Å². The van der Waals surface area contributed by atoms with E-state index in [0.717, 1.165) is 0 Å². The molecule has 3 aromatic rings. The Balaban J connectivity index is 1.74. The first-order valence-electron chi connectivity index (χ1n) is 8.46. The number of carbonyl (C=O) groups excluding carboxylic acids is 1. The maximum Gasteiger partial charge on any atom is 0.419 e. The van der Waals surface area contributed by atoms with Gasteiger partial charge in [0.05, 0.1) is 5.52 Å². The van der Waals surface area contributed by atoms with Crippen molar-refractivity contribution in [2.24, 2.45) is 12.8 Å². The van der Waals surface area contributed by atoms with Gasteiger partial charge in [-0.1, -0.05) is 12.1 Å². The van der Waals surface area contributed by atoms with Gasteiger partial charge in [-0.15, -0.1) is 0 Å². The highest BCUT2D eigenvalue weighted by Crippen LogP contribution is 2.32. The molecule has 4 rings (SSSR count). The Bertz CT molecular complexity index is 1260. The Kier molecular flexibility index (Phi) is 4.24. The van der Waals surface area contributed by atoms with Crippen LogP contribution in [0.15, 0.2) is 50.5 Å². The van der Waals surface area contributed by atoms with Gasteiger partial charge in [-0.3, -0.25) is 9.36 Å². The summed E-state index contributed by atoms with van der Waals surface area (Å²) in [6, 6.07) is 8.20. The van der Waals surface area contributed by atoms with Gasteiger partial charge in [-0.2, -0.15) is 8.42 Å². The van der Waals surface area contributed by atoms with Gasteiger partial charge in [0.25, 0.3) is 0 Å². The number of primary amides is 1. The third-order valence-corrected chi connectivity index (χ3v) is 5.97. The molecule has 1 aliphatic heterocycles. The van der Waals surface area contributed by atoms with E-state index in [-0.39, 0.29) is 16.2 Å². The predicted octanol–water partition coefficient (Wildman–Crippen LogP) is 0.571. The molecule has 28 heavy (non-hydrogen) atoms. The Labute approximate surface area is 159 Å².